The number of rotatable bonds is 5. The molecule has 1 aliphatic heterocycles. The summed E-state index contributed by atoms with van der Waals surface area (Å²) in [5.41, 5.74) is 5.73. The fraction of sp³-hybridized carbons (Fsp3) is 0.941. The van der Waals surface area contributed by atoms with Crippen LogP contribution >= 0.6 is 0 Å². The van der Waals surface area contributed by atoms with Crippen LogP contribution in [0.3, 0.4) is 0 Å². The molecule has 4 heteroatoms. The van der Waals surface area contributed by atoms with Gasteiger partial charge in [0.2, 0.25) is 5.91 Å². The Bertz CT molecular complexity index is 316. The van der Waals surface area contributed by atoms with Crippen LogP contribution < -0.4 is 5.73 Å². The van der Waals surface area contributed by atoms with Crippen molar-refractivity contribution in [1.29, 1.82) is 0 Å². The van der Waals surface area contributed by atoms with Crippen LogP contribution in [0.2, 0.25) is 0 Å². The monoisotopic (exact) mass is 295 g/mol. The van der Waals surface area contributed by atoms with Gasteiger partial charge in [0.25, 0.3) is 0 Å². The molecule has 0 bridgehead atoms. The van der Waals surface area contributed by atoms with Crippen LogP contribution in [0, 0.1) is 17.8 Å². The quantitative estimate of drug-likeness (QED) is 0.843. The Morgan fingerprint density at radius 3 is 2.14 bits per heavy atom. The maximum absolute atomic E-state index is 12.4. The molecule has 2 N–H and O–H groups in total. The van der Waals surface area contributed by atoms with Crippen molar-refractivity contribution < 1.29 is 4.79 Å². The van der Waals surface area contributed by atoms with E-state index >= 15 is 0 Å². The largest absolute Gasteiger partial charge is 0.340 e. The minimum absolute atomic E-state index is 0.385. The van der Waals surface area contributed by atoms with Gasteiger partial charge >= 0.3 is 0 Å². The third kappa shape index (κ3) is 5.26. The van der Waals surface area contributed by atoms with Gasteiger partial charge in [0.1, 0.15) is 0 Å². The Balaban J connectivity index is 1.68. The number of nitrogens with two attached hydrogens (primary N) is 1. The second-order valence-corrected chi connectivity index (χ2v) is 7.40. The zero-order chi connectivity index (χ0) is 15.2. The molecule has 122 valence electrons. The van der Waals surface area contributed by atoms with Crippen LogP contribution in [0.1, 0.15) is 46.0 Å². The maximum Gasteiger partial charge on any atom is 0.222 e. The molecule has 2 rings (SSSR count). The molecule has 0 aromatic carbocycles. The smallest absolute Gasteiger partial charge is 0.222 e. The molecular formula is C17H33N3O. The Labute approximate surface area is 130 Å². The summed E-state index contributed by atoms with van der Waals surface area (Å²) in [5.74, 6) is 2.41. The molecule has 21 heavy (non-hydrogen) atoms. The zero-order valence-corrected chi connectivity index (χ0v) is 13.9. The third-order valence-corrected chi connectivity index (χ3v) is 5.11. The minimum atomic E-state index is 0.385. The number of hydrogen-bond donors (Lipinski definition) is 1. The molecule has 0 radical (unpaired) electrons. The lowest BCUT2D eigenvalue weighted by Crippen LogP contribution is -2.49. The first kappa shape index (κ1) is 16.8. The van der Waals surface area contributed by atoms with E-state index in [0.29, 0.717) is 23.7 Å². The lowest BCUT2D eigenvalue weighted by Gasteiger charge is -2.36. The first-order valence-corrected chi connectivity index (χ1v) is 8.78. The molecule has 0 aromatic rings. The molecule has 1 amide bonds. The van der Waals surface area contributed by atoms with Crippen LogP contribution in [-0.4, -0.2) is 55.0 Å². The summed E-state index contributed by atoms with van der Waals surface area (Å²) in [7, 11) is 0. The zero-order valence-electron chi connectivity index (χ0n) is 13.9. The average Bonchev–Trinajstić information content (AvgIpc) is 2.48. The SMILES string of the molecule is CC(C)CN1CCN(C(=O)CC2CCC(CN)CC2)CC1. The van der Waals surface area contributed by atoms with Gasteiger partial charge < -0.3 is 10.6 Å². The van der Waals surface area contributed by atoms with E-state index in [1.807, 2.05) is 0 Å². The number of carbonyl (C=O) groups is 1. The molecule has 1 heterocycles. The highest BCUT2D eigenvalue weighted by molar-refractivity contribution is 5.76. The van der Waals surface area contributed by atoms with Gasteiger partial charge in [-0.05, 0) is 50.0 Å². The fourth-order valence-corrected chi connectivity index (χ4v) is 3.74. The van der Waals surface area contributed by atoms with E-state index in [1.54, 1.807) is 0 Å². The molecule has 2 fully saturated rings. The lowest BCUT2D eigenvalue weighted by molar-refractivity contribution is -0.134. The summed E-state index contributed by atoms with van der Waals surface area (Å²) in [4.78, 5) is 17.0. The number of carbonyl (C=O) groups excluding carboxylic acids is 1. The Morgan fingerprint density at radius 2 is 1.62 bits per heavy atom. The third-order valence-electron chi connectivity index (χ3n) is 5.11. The van der Waals surface area contributed by atoms with Gasteiger partial charge in [-0.2, -0.15) is 0 Å². The first-order chi connectivity index (χ1) is 10.1. The van der Waals surface area contributed by atoms with Crippen LogP contribution in [-0.2, 0) is 4.79 Å². The van der Waals surface area contributed by atoms with Crippen molar-refractivity contribution in [2.75, 3.05) is 39.3 Å². The molecular weight excluding hydrogens is 262 g/mol. The summed E-state index contributed by atoms with van der Waals surface area (Å²) in [6.07, 6.45) is 5.59. The Hall–Kier alpha value is -0.610. The molecule has 0 unspecified atom stereocenters. The molecule has 0 spiro atoms. The predicted octanol–water partition coefficient (Wildman–Crippen LogP) is 1.94. The van der Waals surface area contributed by atoms with Gasteiger partial charge in [-0.3, -0.25) is 9.69 Å². The molecule has 0 aromatic heterocycles. The Kier molecular flexibility index (Phi) is 6.49. The van der Waals surface area contributed by atoms with Crippen molar-refractivity contribution in [3.05, 3.63) is 0 Å². The van der Waals surface area contributed by atoms with Gasteiger partial charge in [-0.1, -0.05) is 13.8 Å². The number of piperazine rings is 1. The van der Waals surface area contributed by atoms with Crippen LogP contribution in [0.15, 0.2) is 0 Å². The van der Waals surface area contributed by atoms with Crippen LogP contribution in [0.5, 0.6) is 0 Å². The standard InChI is InChI=1S/C17H33N3O/c1-14(2)13-19-7-9-20(10-8-19)17(21)11-15-3-5-16(12-18)6-4-15/h14-16H,3-13,18H2,1-2H3. The topological polar surface area (TPSA) is 49.6 Å². The summed E-state index contributed by atoms with van der Waals surface area (Å²) in [6.45, 7) is 10.4. The second-order valence-electron chi connectivity index (χ2n) is 7.40. The van der Waals surface area contributed by atoms with Crippen LogP contribution in [0.4, 0.5) is 0 Å². The van der Waals surface area contributed by atoms with Crippen molar-refractivity contribution in [2.45, 2.75) is 46.0 Å². The molecule has 2 aliphatic rings. The van der Waals surface area contributed by atoms with Crippen molar-refractivity contribution in [3.63, 3.8) is 0 Å². The van der Waals surface area contributed by atoms with Gasteiger partial charge in [-0.15, -0.1) is 0 Å². The van der Waals surface area contributed by atoms with E-state index in [-0.39, 0.29) is 0 Å². The van der Waals surface area contributed by atoms with Gasteiger partial charge in [-0.25, -0.2) is 0 Å². The normalized spacial score (nSPS) is 28.1. The number of amides is 1. The fourth-order valence-electron chi connectivity index (χ4n) is 3.74. The molecule has 1 aliphatic carbocycles. The van der Waals surface area contributed by atoms with E-state index < -0.39 is 0 Å². The summed E-state index contributed by atoms with van der Waals surface area (Å²) in [5, 5.41) is 0. The second kappa shape index (κ2) is 8.14. The van der Waals surface area contributed by atoms with Crippen molar-refractivity contribution >= 4 is 5.91 Å². The van der Waals surface area contributed by atoms with Gasteiger partial charge in [0.15, 0.2) is 0 Å². The molecule has 0 atom stereocenters. The molecule has 1 saturated heterocycles. The number of nitrogens with zero attached hydrogens (tertiary/aromatic N) is 2. The summed E-state index contributed by atoms with van der Waals surface area (Å²) < 4.78 is 0. The van der Waals surface area contributed by atoms with Crippen molar-refractivity contribution in [1.82, 2.24) is 9.80 Å². The predicted molar refractivity (Wildman–Crippen MR) is 87.0 cm³/mol. The highest BCUT2D eigenvalue weighted by Crippen LogP contribution is 2.30. The van der Waals surface area contributed by atoms with E-state index in [0.717, 1.165) is 45.7 Å². The first-order valence-electron chi connectivity index (χ1n) is 8.78. The van der Waals surface area contributed by atoms with E-state index in [2.05, 4.69) is 23.6 Å². The summed E-state index contributed by atoms with van der Waals surface area (Å²) >= 11 is 0. The van der Waals surface area contributed by atoms with Crippen molar-refractivity contribution in [3.8, 4) is 0 Å². The van der Waals surface area contributed by atoms with Crippen LogP contribution in [0.25, 0.3) is 0 Å². The average molecular weight is 295 g/mol. The van der Waals surface area contributed by atoms with E-state index in [9.17, 15) is 4.79 Å². The minimum Gasteiger partial charge on any atom is -0.340 e. The van der Waals surface area contributed by atoms with E-state index in [4.69, 9.17) is 5.73 Å². The van der Waals surface area contributed by atoms with E-state index in [1.165, 1.54) is 25.7 Å². The summed E-state index contributed by atoms with van der Waals surface area (Å²) in [6, 6.07) is 0. The van der Waals surface area contributed by atoms with Gasteiger partial charge in [0.05, 0.1) is 0 Å². The lowest BCUT2D eigenvalue weighted by atomic mass is 9.80. The highest BCUT2D eigenvalue weighted by Gasteiger charge is 2.26. The van der Waals surface area contributed by atoms with Gasteiger partial charge in [0, 0.05) is 39.1 Å². The number of hydrogen-bond acceptors (Lipinski definition) is 3. The molecule has 4 nitrogen and oxygen atoms in total. The van der Waals surface area contributed by atoms with Crippen molar-refractivity contribution in [2.24, 2.45) is 23.5 Å². The Morgan fingerprint density at radius 1 is 1.05 bits per heavy atom. The molecule has 1 saturated carbocycles. The maximum atomic E-state index is 12.4. The highest BCUT2D eigenvalue weighted by atomic mass is 16.2.